The number of fused-ring (bicyclic) bond motifs is 3. The summed E-state index contributed by atoms with van der Waals surface area (Å²) < 4.78 is 0. The number of rotatable bonds is 1. The van der Waals surface area contributed by atoms with Gasteiger partial charge in [-0.1, -0.05) is 56.2 Å². The van der Waals surface area contributed by atoms with Gasteiger partial charge >= 0.3 is 21.7 Å². The number of hydrogen-bond donors (Lipinski definition) is 0. The van der Waals surface area contributed by atoms with E-state index >= 15 is 0 Å². The normalized spacial score (nSPS) is 9.89. The summed E-state index contributed by atoms with van der Waals surface area (Å²) >= 11 is 0. The molecular formula is C24H28Cl2Ti. The monoisotopic (exact) mass is 434 g/mol. The molecule has 0 aromatic heterocycles. The summed E-state index contributed by atoms with van der Waals surface area (Å²) in [7, 11) is 0. The van der Waals surface area contributed by atoms with Gasteiger partial charge in [-0.05, 0) is 6.42 Å². The van der Waals surface area contributed by atoms with E-state index in [0.717, 1.165) is 6.42 Å². The predicted molar refractivity (Wildman–Crippen MR) is 107 cm³/mol. The fraction of sp³-hybridized carbons (Fsp3) is 0.250. The van der Waals surface area contributed by atoms with Crippen LogP contribution in [0.5, 0.6) is 0 Å². The van der Waals surface area contributed by atoms with Gasteiger partial charge in [-0.3, -0.25) is 6.08 Å². The number of benzene rings is 2. The second kappa shape index (κ2) is 16.0. The standard InChI is InChI=1S/C13H9.C9H15.C2H4.2ClH.Ti/c1-3-7-12-10(5-1)9-11-6-2-4-8-13(11)12;1-6-8(4)9(5)7(2)3;1-2;;;/h1-5,7-8H,9H2;1-5H3;1-2H2;2*1H;/q2*-1;;;;+4/p-2. The first-order valence-corrected chi connectivity index (χ1v) is 8.28. The molecule has 27 heavy (non-hydrogen) atoms. The molecule has 0 fully saturated rings. The van der Waals surface area contributed by atoms with Crippen molar-refractivity contribution in [1.29, 1.82) is 0 Å². The third kappa shape index (κ3) is 8.66. The second-order valence-corrected chi connectivity index (χ2v) is 5.90. The maximum Gasteiger partial charge on any atom is 4.00 e. The van der Waals surface area contributed by atoms with Gasteiger partial charge in [-0.25, -0.2) is 5.57 Å². The largest absolute Gasteiger partial charge is 4.00 e. The number of allylic oxidation sites excluding steroid dienone is 4. The van der Waals surface area contributed by atoms with Gasteiger partial charge in [0.1, 0.15) is 0 Å². The third-order valence-electron chi connectivity index (χ3n) is 4.30. The molecule has 0 aliphatic heterocycles. The molecule has 1 aliphatic rings. The Kier molecular flexibility index (Phi) is 18.1. The quantitative estimate of drug-likeness (QED) is 0.232. The number of halogens is 2. The Bertz CT molecular complexity index is 698. The van der Waals surface area contributed by atoms with E-state index in [4.69, 9.17) is 0 Å². The van der Waals surface area contributed by atoms with Gasteiger partial charge in [0.25, 0.3) is 0 Å². The van der Waals surface area contributed by atoms with Crippen LogP contribution in [0.2, 0.25) is 0 Å². The van der Waals surface area contributed by atoms with Gasteiger partial charge in [0.2, 0.25) is 0 Å². The summed E-state index contributed by atoms with van der Waals surface area (Å²) in [6, 6.07) is 18.1. The summed E-state index contributed by atoms with van der Waals surface area (Å²) in [5, 5.41) is 0. The summed E-state index contributed by atoms with van der Waals surface area (Å²) in [6.45, 7) is 16.4. The van der Waals surface area contributed by atoms with Gasteiger partial charge in [0.05, 0.1) is 0 Å². The molecule has 0 saturated heterocycles. The van der Waals surface area contributed by atoms with E-state index in [9.17, 15) is 0 Å². The predicted octanol–water partition coefficient (Wildman–Crippen LogP) is 0.978. The molecule has 0 radical (unpaired) electrons. The van der Waals surface area contributed by atoms with Crippen LogP contribution in [-0.4, -0.2) is 0 Å². The van der Waals surface area contributed by atoms with Crippen molar-refractivity contribution < 1.29 is 46.5 Å². The molecule has 142 valence electrons. The molecule has 0 heterocycles. The first-order valence-electron chi connectivity index (χ1n) is 8.28. The van der Waals surface area contributed by atoms with Gasteiger partial charge in [0.15, 0.2) is 0 Å². The summed E-state index contributed by atoms with van der Waals surface area (Å²) in [4.78, 5) is 0. The summed E-state index contributed by atoms with van der Waals surface area (Å²) in [5.74, 6) is 0. The van der Waals surface area contributed by atoms with Crippen LogP contribution in [0.4, 0.5) is 0 Å². The fourth-order valence-corrected chi connectivity index (χ4v) is 2.56. The molecule has 0 bridgehead atoms. The Labute approximate surface area is 193 Å². The third-order valence-corrected chi connectivity index (χ3v) is 4.30. The fourth-order valence-electron chi connectivity index (χ4n) is 2.56. The van der Waals surface area contributed by atoms with Crippen molar-refractivity contribution in [1.82, 2.24) is 0 Å². The molecular weight excluding hydrogens is 407 g/mol. The van der Waals surface area contributed by atoms with Crippen LogP contribution in [-0.2, 0) is 28.1 Å². The van der Waals surface area contributed by atoms with Gasteiger partial charge < -0.3 is 24.8 Å². The first kappa shape index (κ1) is 30.7. The van der Waals surface area contributed by atoms with Crippen molar-refractivity contribution in [3.05, 3.63) is 95.6 Å². The van der Waals surface area contributed by atoms with E-state index in [2.05, 4.69) is 89.4 Å². The van der Waals surface area contributed by atoms with Gasteiger partial charge in [-0.2, -0.15) is 41.0 Å². The zero-order valence-electron chi connectivity index (χ0n) is 16.9. The summed E-state index contributed by atoms with van der Waals surface area (Å²) in [6.07, 6.45) is 4.15. The van der Waals surface area contributed by atoms with E-state index < -0.39 is 0 Å². The molecule has 0 amide bonds. The van der Waals surface area contributed by atoms with E-state index in [-0.39, 0.29) is 46.5 Å². The topological polar surface area (TPSA) is 0 Å². The Morgan fingerprint density at radius 3 is 2.00 bits per heavy atom. The minimum atomic E-state index is 0. The van der Waals surface area contributed by atoms with E-state index in [1.807, 2.05) is 13.0 Å². The van der Waals surface area contributed by atoms with E-state index in [1.165, 1.54) is 39.0 Å². The molecule has 3 heteroatoms. The molecule has 0 spiro atoms. The first-order chi connectivity index (χ1) is 11.5. The Balaban J connectivity index is -0.000000373. The zero-order valence-corrected chi connectivity index (χ0v) is 20.0. The smallest absolute Gasteiger partial charge is 1.00 e. The molecule has 2 aromatic carbocycles. The zero-order chi connectivity index (χ0) is 18.1. The molecule has 3 rings (SSSR count). The van der Waals surface area contributed by atoms with Crippen molar-refractivity contribution >= 4 is 0 Å². The molecule has 0 N–H and O–H groups in total. The van der Waals surface area contributed by atoms with E-state index in [0.29, 0.717) is 0 Å². The molecule has 0 saturated carbocycles. The minimum Gasteiger partial charge on any atom is -1.00 e. The number of hydrogen-bond acceptors (Lipinski definition) is 0. The Hall–Kier alpha value is -1.05. The van der Waals surface area contributed by atoms with Crippen molar-refractivity contribution in [2.24, 2.45) is 0 Å². The Morgan fingerprint density at radius 1 is 0.926 bits per heavy atom. The van der Waals surface area contributed by atoms with Crippen molar-refractivity contribution in [2.75, 3.05) is 0 Å². The molecule has 0 nitrogen and oxygen atoms in total. The molecule has 1 aliphatic carbocycles. The minimum absolute atomic E-state index is 0. The van der Waals surface area contributed by atoms with Gasteiger partial charge in [0, 0.05) is 0 Å². The SMILES string of the molecule is C=C.C[C-]=C(C)C(C)=C(C)C.[Cl-].[Cl-].[Ti+4].[c-]1cccc2c1Cc1ccccc1-2. The van der Waals surface area contributed by atoms with Crippen molar-refractivity contribution in [2.45, 2.75) is 41.0 Å². The second-order valence-electron chi connectivity index (χ2n) is 5.90. The van der Waals surface area contributed by atoms with Gasteiger partial charge in [-0.15, -0.1) is 32.6 Å². The molecule has 2 aromatic rings. The van der Waals surface area contributed by atoms with Crippen LogP contribution >= 0.6 is 0 Å². The average Bonchev–Trinajstić information content (AvgIpc) is 3.01. The Morgan fingerprint density at radius 2 is 1.48 bits per heavy atom. The molecule has 0 unspecified atom stereocenters. The van der Waals surface area contributed by atoms with E-state index in [1.54, 1.807) is 0 Å². The van der Waals surface area contributed by atoms with Crippen LogP contribution in [0, 0.1) is 12.1 Å². The maximum atomic E-state index is 3.30. The molecule has 0 atom stereocenters. The van der Waals surface area contributed by atoms with Crippen LogP contribution in [0.3, 0.4) is 0 Å². The van der Waals surface area contributed by atoms with Crippen molar-refractivity contribution in [3.63, 3.8) is 0 Å². The van der Waals surface area contributed by atoms with Crippen LogP contribution in [0.15, 0.2) is 72.3 Å². The summed E-state index contributed by atoms with van der Waals surface area (Å²) in [5.41, 5.74) is 9.51. The van der Waals surface area contributed by atoms with Crippen LogP contribution in [0.1, 0.15) is 45.7 Å². The average molecular weight is 435 g/mol. The van der Waals surface area contributed by atoms with Crippen LogP contribution in [0.25, 0.3) is 11.1 Å². The van der Waals surface area contributed by atoms with Crippen LogP contribution < -0.4 is 24.8 Å². The van der Waals surface area contributed by atoms with Crippen molar-refractivity contribution in [3.8, 4) is 11.1 Å². The maximum absolute atomic E-state index is 3.30.